The van der Waals surface area contributed by atoms with Crippen molar-refractivity contribution in [2.75, 3.05) is 25.9 Å². The largest absolute Gasteiger partial charge is 0.426 e. The van der Waals surface area contributed by atoms with E-state index in [2.05, 4.69) is 4.90 Å². The van der Waals surface area contributed by atoms with Gasteiger partial charge in [0, 0.05) is 25.9 Å². The number of hydrogen-bond acceptors (Lipinski definition) is 5. The summed E-state index contributed by atoms with van der Waals surface area (Å²) in [5, 5.41) is 1.39. The molecular formula is C11H14N2O2S2. The summed E-state index contributed by atoms with van der Waals surface area (Å²) in [6.07, 6.45) is 3.61. The van der Waals surface area contributed by atoms with Crippen LogP contribution in [0, 0.1) is 0 Å². The molecule has 6 heteroatoms. The quantitative estimate of drug-likeness (QED) is 0.561. The van der Waals surface area contributed by atoms with Gasteiger partial charge in [0.1, 0.15) is 0 Å². The average Bonchev–Trinajstić information content (AvgIpc) is 2.81. The molecule has 0 unspecified atom stereocenters. The van der Waals surface area contributed by atoms with Crippen LogP contribution in [0.5, 0.6) is 0 Å². The standard InChI is InChI=1S/C11H14N2O2S2/c1-3-13-10(14)8(15-11(13)16)4-5-9-12(2)6-7-17-9/h4-5H,3,6-7H2,1-2H3/b8-4+,9-5-. The second-order valence-corrected chi connectivity index (χ2v) is 5.19. The maximum atomic E-state index is 11.8. The molecule has 17 heavy (non-hydrogen) atoms. The summed E-state index contributed by atoms with van der Waals surface area (Å²) in [6, 6.07) is 0. The molecule has 2 aliphatic heterocycles. The van der Waals surface area contributed by atoms with Gasteiger partial charge >= 0.3 is 0 Å². The van der Waals surface area contributed by atoms with Gasteiger partial charge in [0.15, 0.2) is 5.76 Å². The number of thiocarbonyl (C=S) groups is 1. The molecule has 0 aliphatic carbocycles. The van der Waals surface area contributed by atoms with Gasteiger partial charge in [0.25, 0.3) is 11.1 Å². The maximum absolute atomic E-state index is 11.8. The maximum Gasteiger partial charge on any atom is 0.297 e. The highest BCUT2D eigenvalue weighted by Gasteiger charge is 2.31. The zero-order chi connectivity index (χ0) is 12.4. The molecule has 4 nitrogen and oxygen atoms in total. The Labute approximate surface area is 110 Å². The van der Waals surface area contributed by atoms with Crippen molar-refractivity contribution < 1.29 is 9.53 Å². The summed E-state index contributed by atoms with van der Waals surface area (Å²) in [7, 11) is 2.03. The van der Waals surface area contributed by atoms with Crippen LogP contribution in [0.4, 0.5) is 0 Å². The summed E-state index contributed by atoms with van der Waals surface area (Å²) >= 11 is 6.74. The van der Waals surface area contributed by atoms with Gasteiger partial charge < -0.3 is 9.64 Å². The fourth-order valence-electron chi connectivity index (χ4n) is 1.62. The van der Waals surface area contributed by atoms with Crippen LogP contribution in [0.1, 0.15) is 6.92 Å². The Morgan fingerprint density at radius 2 is 2.29 bits per heavy atom. The fourth-order valence-corrected chi connectivity index (χ4v) is 2.97. The number of thioether (sulfide) groups is 1. The van der Waals surface area contributed by atoms with Gasteiger partial charge in [-0.2, -0.15) is 0 Å². The van der Waals surface area contributed by atoms with Crippen LogP contribution < -0.4 is 0 Å². The zero-order valence-electron chi connectivity index (χ0n) is 9.80. The van der Waals surface area contributed by atoms with Crippen molar-refractivity contribution in [3.05, 3.63) is 22.9 Å². The molecule has 2 heterocycles. The smallest absolute Gasteiger partial charge is 0.297 e. The first kappa shape index (κ1) is 12.4. The van der Waals surface area contributed by atoms with E-state index in [0.717, 1.165) is 17.3 Å². The van der Waals surface area contributed by atoms with Gasteiger partial charge in [-0.25, -0.2) is 0 Å². The molecule has 0 saturated carbocycles. The molecule has 2 aliphatic rings. The van der Waals surface area contributed by atoms with Gasteiger partial charge in [0.05, 0.1) is 5.03 Å². The summed E-state index contributed by atoms with van der Waals surface area (Å²) in [6.45, 7) is 3.45. The van der Waals surface area contributed by atoms with Crippen LogP contribution >= 0.6 is 24.0 Å². The molecule has 2 fully saturated rings. The second kappa shape index (κ2) is 5.10. The van der Waals surface area contributed by atoms with E-state index in [1.54, 1.807) is 17.8 Å². The molecule has 1 amide bonds. The molecule has 2 rings (SSSR count). The molecule has 0 bridgehead atoms. The lowest BCUT2D eigenvalue weighted by atomic mass is 10.4. The van der Waals surface area contributed by atoms with Crippen LogP contribution in [0.3, 0.4) is 0 Å². The van der Waals surface area contributed by atoms with Crippen molar-refractivity contribution in [2.45, 2.75) is 6.92 Å². The fraction of sp³-hybridized carbons (Fsp3) is 0.455. The first-order chi connectivity index (χ1) is 8.13. The second-order valence-electron chi connectivity index (χ2n) is 3.72. The number of amides is 1. The van der Waals surface area contributed by atoms with Crippen molar-refractivity contribution in [2.24, 2.45) is 0 Å². The third-order valence-electron chi connectivity index (χ3n) is 2.62. The van der Waals surface area contributed by atoms with Gasteiger partial charge in [-0.05, 0) is 31.3 Å². The van der Waals surface area contributed by atoms with E-state index in [1.165, 1.54) is 4.90 Å². The Hall–Kier alpha value is -1.01. The van der Waals surface area contributed by atoms with Crippen molar-refractivity contribution in [3.63, 3.8) is 0 Å². The first-order valence-corrected chi connectivity index (χ1v) is 6.82. The molecule has 0 aromatic rings. The van der Waals surface area contributed by atoms with Crippen LogP contribution in [0.25, 0.3) is 0 Å². The number of nitrogens with zero attached hydrogens (tertiary/aromatic N) is 2. The Bertz CT molecular complexity index is 418. The minimum Gasteiger partial charge on any atom is -0.426 e. The van der Waals surface area contributed by atoms with E-state index in [0.29, 0.717) is 12.3 Å². The number of rotatable bonds is 2. The summed E-state index contributed by atoms with van der Waals surface area (Å²) in [5.74, 6) is 1.24. The van der Waals surface area contributed by atoms with Crippen molar-refractivity contribution in [3.8, 4) is 0 Å². The molecule has 0 atom stereocenters. The average molecular weight is 270 g/mol. The predicted octanol–water partition coefficient (Wildman–Crippen LogP) is 1.55. The molecular weight excluding hydrogens is 256 g/mol. The Kier molecular flexibility index (Phi) is 3.73. The number of allylic oxidation sites excluding steroid dienone is 2. The Morgan fingerprint density at radius 3 is 2.82 bits per heavy atom. The third-order valence-corrected chi connectivity index (χ3v) is 4.05. The molecule has 0 spiro atoms. The van der Waals surface area contributed by atoms with Crippen molar-refractivity contribution in [1.29, 1.82) is 0 Å². The van der Waals surface area contributed by atoms with E-state index >= 15 is 0 Å². The SMILES string of the molecule is CCN1C(=O)/C(=C\C=C2/SCCN2C)OC1=S. The number of ether oxygens (including phenoxy) is 1. The summed E-state index contributed by atoms with van der Waals surface area (Å²) < 4.78 is 5.27. The lowest BCUT2D eigenvalue weighted by molar-refractivity contribution is -0.122. The van der Waals surface area contributed by atoms with Crippen molar-refractivity contribution >= 4 is 35.1 Å². The molecule has 0 aromatic carbocycles. The van der Waals surface area contributed by atoms with E-state index in [-0.39, 0.29) is 11.1 Å². The van der Waals surface area contributed by atoms with Crippen LogP contribution in [0.15, 0.2) is 22.9 Å². The molecule has 92 valence electrons. The molecule has 0 N–H and O–H groups in total. The summed E-state index contributed by atoms with van der Waals surface area (Å²) in [5.41, 5.74) is 0. The van der Waals surface area contributed by atoms with Crippen LogP contribution in [-0.4, -0.2) is 46.8 Å². The predicted molar refractivity (Wildman–Crippen MR) is 72.3 cm³/mol. The van der Waals surface area contributed by atoms with E-state index in [4.69, 9.17) is 17.0 Å². The van der Waals surface area contributed by atoms with E-state index in [1.807, 2.05) is 20.0 Å². The lowest BCUT2D eigenvalue weighted by Gasteiger charge is -2.09. The zero-order valence-corrected chi connectivity index (χ0v) is 11.4. The van der Waals surface area contributed by atoms with Crippen LogP contribution in [-0.2, 0) is 9.53 Å². The van der Waals surface area contributed by atoms with E-state index < -0.39 is 0 Å². The first-order valence-electron chi connectivity index (χ1n) is 5.43. The molecule has 2 saturated heterocycles. The van der Waals surface area contributed by atoms with Gasteiger partial charge in [-0.1, -0.05) is 0 Å². The van der Waals surface area contributed by atoms with E-state index in [9.17, 15) is 4.79 Å². The number of carbonyl (C=O) groups excluding carboxylic acids is 1. The Balaban J connectivity index is 2.13. The number of hydrogen-bond donors (Lipinski definition) is 0. The normalized spacial score (nSPS) is 25.3. The Morgan fingerprint density at radius 1 is 1.53 bits per heavy atom. The lowest BCUT2D eigenvalue weighted by Crippen LogP contribution is -2.27. The van der Waals surface area contributed by atoms with Gasteiger partial charge in [-0.3, -0.25) is 9.69 Å². The van der Waals surface area contributed by atoms with Gasteiger partial charge in [0.2, 0.25) is 0 Å². The van der Waals surface area contributed by atoms with Crippen LogP contribution in [0.2, 0.25) is 0 Å². The molecule has 0 radical (unpaired) electrons. The highest BCUT2D eigenvalue weighted by molar-refractivity contribution is 8.03. The van der Waals surface area contributed by atoms with Gasteiger partial charge in [-0.15, -0.1) is 11.8 Å². The molecule has 0 aromatic heterocycles. The highest BCUT2D eigenvalue weighted by atomic mass is 32.2. The minimum absolute atomic E-state index is 0.153. The van der Waals surface area contributed by atoms with Crippen molar-refractivity contribution in [1.82, 2.24) is 9.80 Å². The highest BCUT2D eigenvalue weighted by Crippen LogP contribution is 2.26. The topological polar surface area (TPSA) is 32.8 Å². The minimum atomic E-state index is -0.153. The summed E-state index contributed by atoms with van der Waals surface area (Å²) in [4.78, 5) is 15.4. The number of likely N-dealkylation sites (N-methyl/N-ethyl adjacent to an activating group) is 1. The number of carbonyl (C=O) groups is 1. The third kappa shape index (κ3) is 2.47. The monoisotopic (exact) mass is 270 g/mol.